The molecule has 0 saturated carbocycles. The molecule has 0 amide bonds. The van der Waals surface area contributed by atoms with Gasteiger partial charge in [-0.3, -0.25) is 0 Å². The molecule has 98 valence electrons. The van der Waals surface area contributed by atoms with Gasteiger partial charge in [-0.05, 0) is 31.4 Å². The van der Waals surface area contributed by atoms with E-state index in [1.807, 2.05) is 0 Å². The number of benzene rings is 1. The number of carboxylic acid groups (broad SMARTS) is 1. The summed E-state index contributed by atoms with van der Waals surface area (Å²) in [6.07, 6.45) is 3.15. The largest absolute Gasteiger partial charge is 0.488 e. The molecule has 4 nitrogen and oxygen atoms in total. The number of carboxylic acids is 1. The summed E-state index contributed by atoms with van der Waals surface area (Å²) < 4.78 is 11.1. The maximum absolute atomic E-state index is 11.1. The zero-order chi connectivity index (χ0) is 13.0. The Bertz CT molecular complexity index is 427. The van der Waals surface area contributed by atoms with Crippen molar-refractivity contribution in [2.24, 2.45) is 0 Å². The Hall–Kier alpha value is -1.26. The first-order chi connectivity index (χ1) is 8.68. The topological polar surface area (TPSA) is 55.8 Å². The van der Waals surface area contributed by atoms with Crippen molar-refractivity contribution in [3.05, 3.63) is 28.8 Å². The van der Waals surface area contributed by atoms with E-state index in [1.165, 1.54) is 6.07 Å². The van der Waals surface area contributed by atoms with Gasteiger partial charge in [-0.1, -0.05) is 17.7 Å². The fourth-order valence-corrected chi connectivity index (χ4v) is 2.17. The second-order valence-electron chi connectivity index (χ2n) is 4.22. The summed E-state index contributed by atoms with van der Waals surface area (Å²) in [6.45, 7) is 1.08. The summed E-state index contributed by atoms with van der Waals surface area (Å²) in [5, 5.41) is 9.37. The second-order valence-corrected chi connectivity index (χ2v) is 4.63. The predicted octanol–water partition coefficient (Wildman–Crippen LogP) is 2.99. The SMILES string of the molecule is O=C(O)c1cccc(Cl)c1OCC1CCCCO1. The molecule has 0 spiro atoms. The average molecular weight is 271 g/mol. The molecule has 0 radical (unpaired) electrons. The van der Waals surface area contributed by atoms with Gasteiger partial charge in [0.15, 0.2) is 5.75 Å². The smallest absolute Gasteiger partial charge is 0.339 e. The zero-order valence-corrected chi connectivity index (χ0v) is 10.7. The Morgan fingerprint density at radius 1 is 1.50 bits per heavy atom. The van der Waals surface area contributed by atoms with Crippen molar-refractivity contribution in [1.29, 1.82) is 0 Å². The predicted molar refractivity (Wildman–Crippen MR) is 67.5 cm³/mol. The van der Waals surface area contributed by atoms with Crippen LogP contribution < -0.4 is 4.74 Å². The van der Waals surface area contributed by atoms with Crippen molar-refractivity contribution in [2.45, 2.75) is 25.4 Å². The van der Waals surface area contributed by atoms with Crippen molar-refractivity contribution in [3.63, 3.8) is 0 Å². The molecule has 0 aromatic heterocycles. The van der Waals surface area contributed by atoms with Crippen LogP contribution in [0.3, 0.4) is 0 Å². The monoisotopic (exact) mass is 270 g/mol. The molecule has 1 aromatic rings. The van der Waals surface area contributed by atoms with Gasteiger partial charge in [0, 0.05) is 6.61 Å². The quantitative estimate of drug-likeness (QED) is 0.914. The molecular formula is C13H15ClO4. The summed E-state index contributed by atoms with van der Waals surface area (Å²) in [7, 11) is 0. The Labute approximate surface area is 110 Å². The van der Waals surface area contributed by atoms with Gasteiger partial charge in [-0.25, -0.2) is 4.79 Å². The van der Waals surface area contributed by atoms with E-state index in [9.17, 15) is 4.79 Å². The minimum atomic E-state index is -1.04. The first-order valence-corrected chi connectivity index (χ1v) is 6.32. The molecule has 1 aliphatic heterocycles. The van der Waals surface area contributed by atoms with Crippen LogP contribution in [-0.2, 0) is 4.74 Å². The van der Waals surface area contributed by atoms with Gasteiger partial charge < -0.3 is 14.6 Å². The van der Waals surface area contributed by atoms with Crippen LogP contribution >= 0.6 is 11.6 Å². The van der Waals surface area contributed by atoms with Gasteiger partial charge in [-0.2, -0.15) is 0 Å². The number of para-hydroxylation sites is 1. The van der Waals surface area contributed by atoms with E-state index < -0.39 is 5.97 Å². The van der Waals surface area contributed by atoms with Crippen LogP contribution in [0.4, 0.5) is 0 Å². The van der Waals surface area contributed by atoms with E-state index in [0.717, 1.165) is 25.9 Å². The minimum Gasteiger partial charge on any atom is -0.488 e. The number of rotatable bonds is 4. The Morgan fingerprint density at radius 3 is 3.00 bits per heavy atom. The molecule has 5 heteroatoms. The van der Waals surface area contributed by atoms with E-state index in [0.29, 0.717) is 11.6 Å². The Morgan fingerprint density at radius 2 is 2.33 bits per heavy atom. The standard InChI is InChI=1S/C13H15ClO4/c14-11-6-3-5-10(13(15)16)12(11)18-8-9-4-1-2-7-17-9/h3,5-6,9H,1-2,4,7-8H2,(H,15,16). The lowest BCUT2D eigenvalue weighted by atomic mass is 10.1. The first-order valence-electron chi connectivity index (χ1n) is 5.94. The molecule has 0 bridgehead atoms. The molecule has 1 unspecified atom stereocenters. The van der Waals surface area contributed by atoms with Gasteiger partial charge in [0.1, 0.15) is 12.2 Å². The minimum absolute atomic E-state index is 0.0247. The molecule has 1 atom stereocenters. The molecule has 1 heterocycles. The van der Waals surface area contributed by atoms with Crippen molar-refractivity contribution < 1.29 is 19.4 Å². The molecule has 1 N–H and O–H groups in total. The van der Waals surface area contributed by atoms with Crippen LogP contribution in [0.25, 0.3) is 0 Å². The Kier molecular flexibility index (Phi) is 4.44. The highest BCUT2D eigenvalue weighted by molar-refractivity contribution is 6.32. The molecule has 1 aliphatic rings. The highest BCUT2D eigenvalue weighted by Crippen LogP contribution is 2.29. The number of hydrogen-bond donors (Lipinski definition) is 1. The number of carbonyl (C=O) groups is 1. The summed E-state index contributed by atoms with van der Waals surface area (Å²) >= 11 is 5.96. The van der Waals surface area contributed by atoms with Crippen molar-refractivity contribution in [2.75, 3.05) is 13.2 Å². The lowest BCUT2D eigenvalue weighted by Gasteiger charge is -2.23. The van der Waals surface area contributed by atoms with E-state index in [-0.39, 0.29) is 17.4 Å². The Balaban J connectivity index is 2.05. The number of hydrogen-bond acceptors (Lipinski definition) is 3. The lowest BCUT2D eigenvalue weighted by Crippen LogP contribution is -2.26. The number of halogens is 1. The van der Waals surface area contributed by atoms with Gasteiger partial charge in [-0.15, -0.1) is 0 Å². The third-order valence-corrected chi connectivity index (χ3v) is 3.18. The van der Waals surface area contributed by atoms with Crippen LogP contribution in [0.2, 0.25) is 5.02 Å². The van der Waals surface area contributed by atoms with E-state index in [2.05, 4.69) is 0 Å². The third-order valence-electron chi connectivity index (χ3n) is 2.88. The maximum Gasteiger partial charge on any atom is 0.339 e. The second kappa shape index (κ2) is 6.07. The van der Waals surface area contributed by atoms with E-state index in [4.69, 9.17) is 26.2 Å². The highest BCUT2D eigenvalue weighted by Gasteiger charge is 2.18. The maximum atomic E-state index is 11.1. The molecule has 1 aromatic carbocycles. The highest BCUT2D eigenvalue weighted by atomic mass is 35.5. The van der Waals surface area contributed by atoms with Crippen LogP contribution in [0.1, 0.15) is 29.6 Å². The van der Waals surface area contributed by atoms with Gasteiger partial charge in [0.05, 0.1) is 11.1 Å². The van der Waals surface area contributed by atoms with Crippen molar-refractivity contribution in [1.82, 2.24) is 0 Å². The van der Waals surface area contributed by atoms with Crippen LogP contribution in [0.15, 0.2) is 18.2 Å². The normalized spacial score (nSPS) is 19.5. The average Bonchev–Trinajstić information content (AvgIpc) is 2.38. The lowest BCUT2D eigenvalue weighted by molar-refractivity contribution is -0.0113. The summed E-state index contributed by atoms with van der Waals surface area (Å²) in [5.74, 6) is -0.821. The fraction of sp³-hybridized carbons (Fsp3) is 0.462. The molecule has 1 fully saturated rings. The number of aromatic carboxylic acids is 1. The fourth-order valence-electron chi connectivity index (χ4n) is 1.94. The number of ether oxygens (including phenoxy) is 2. The third kappa shape index (κ3) is 3.15. The summed E-state index contributed by atoms with van der Waals surface area (Å²) in [5.41, 5.74) is 0.0818. The van der Waals surface area contributed by atoms with Gasteiger partial charge in [0.25, 0.3) is 0 Å². The molecular weight excluding hydrogens is 256 g/mol. The van der Waals surface area contributed by atoms with E-state index in [1.54, 1.807) is 12.1 Å². The zero-order valence-electron chi connectivity index (χ0n) is 9.89. The first kappa shape index (κ1) is 13.2. The van der Waals surface area contributed by atoms with Crippen molar-refractivity contribution >= 4 is 17.6 Å². The molecule has 1 saturated heterocycles. The van der Waals surface area contributed by atoms with Crippen LogP contribution in [-0.4, -0.2) is 30.4 Å². The van der Waals surface area contributed by atoms with Crippen LogP contribution in [0.5, 0.6) is 5.75 Å². The molecule has 0 aliphatic carbocycles. The van der Waals surface area contributed by atoms with E-state index >= 15 is 0 Å². The van der Waals surface area contributed by atoms with Gasteiger partial charge in [0.2, 0.25) is 0 Å². The summed E-state index contributed by atoms with van der Waals surface area (Å²) in [6, 6.07) is 4.69. The van der Waals surface area contributed by atoms with Crippen molar-refractivity contribution in [3.8, 4) is 5.75 Å². The van der Waals surface area contributed by atoms with Crippen LogP contribution in [0, 0.1) is 0 Å². The molecule has 18 heavy (non-hydrogen) atoms. The molecule has 2 rings (SSSR count). The summed E-state index contributed by atoms with van der Waals surface area (Å²) in [4.78, 5) is 11.1. The van der Waals surface area contributed by atoms with Gasteiger partial charge >= 0.3 is 5.97 Å².